The molecule has 1 aromatic carbocycles. The van der Waals surface area contributed by atoms with Crippen molar-refractivity contribution in [2.75, 3.05) is 7.11 Å². The van der Waals surface area contributed by atoms with Crippen molar-refractivity contribution in [3.63, 3.8) is 0 Å². The number of para-hydroxylation sites is 1. The first-order chi connectivity index (χ1) is 7.24. The number of benzene rings is 1. The van der Waals surface area contributed by atoms with Gasteiger partial charge in [-0.3, -0.25) is 9.79 Å². The van der Waals surface area contributed by atoms with Gasteiger partial charge in [-0.2, -0.15) is 0 Å². The highest BCUT2D eigenvalue weighted by molar-refractivity contribution is 6.19. The first-order valence-electron chi connectivity index (χ1n) is 4.44. The standard InChI is InChI=1S/C11H9NO3/c1-15-10(14)11(7-13)6-12-9-5-3-2-4-8(9)11/h2-7H,1H3. The Labute approximate surface area is 86.6 Å². The van der Waals surface area contributed by atoms with Crippen molar-refractivity contribution < 1.29 is 14.3 Å². The molecule has 0 amide bonds. The Bertz CT molecular complexity index is 453. The summed E-state index contributed by atoms with van der Waals surface area (Å²) in [5.41, 5.74) is -0.146. The molecule has 1 aliphatic rings. The summed E-state index contributed by atoms with van der Waals surface area (Å²) in [5, 5.41) is 0. The molecule has 0 bridgehead atoms. The number of aldehydes is 1. The van der Waals surface area contributed by atoms with Crippen LogP contribution in [-0.2, 0) is 19.7 Å². The maximum Gasteiger partial charge on any atom is 0.329 e. The summed E-state index contributed by atoms with van der Waals surface area (Å²) in [6.45, 7) is 0. The van der Waals surface area contributed by atoms with E-state index < -0.39 is 11.4 Å². The summed E-state index contributed by atoms with van der Waals surface area (Å²) in [4.78, 5) is 26.7. The molecule has 0 fully saturated rings. The lowest BCUT2D eigenvalue weighted by Crippen LogP contribution is -2.38. The van der Waals surface area contributed by atoms with Crippen LogP contribution in [0.15, 0.2) is 29.3 Å². The highest BCUT2D eigenvalue weighted by Crippen LogP contribution is 2.36. The van der Waals surface area contributed by atoms with Gasteiger partial charge >= 0.3 is 5.97 Å². The fourth-order valence-corrected chi connectivity index (χ4v) is 1.65. The van der Waals surface area contributed by atoms with E-state index in [-0.39, 0.29) is 0 Å². The van der Waals surface area contributed by atoms with Crippen LogP contribution in [0.1, 0.15) is 5.56 Å². The van der Waals surface area contributed by atoms with Gasteiger partial charge in [-0.15, -0.1) is 0 Å². The highest BCUT2D eigenvalue weighted by Gasteiger charge is 2.44. The third kappa shape index (κ3) is 1.18. The Hall–Kier alpha value is -1.97. The van der Waals surface area contributed by atoms with Gasteiger partial charge in [-0.05, 0) is 6.07 Å². The van der Waals surface area contributed by atoms with Gasteiger partial charge in [0.05, 0.1) is 12.8 Å². The topological polar surface area (TPSA) is 55.7 Å². The Kier molecular flexibility index (Phi) is 2.11. The molecule has 0 aliphatic carbocycles. The third-order valence-electron chi connectivity index (χ3n) is 2.47. The average molecular weight is 203 g/mol. The summed E-state index contributed by atoms with van der Waals surface area (Å²) < 4.78 is 4.62. The molecular formula is C11H9NO3. The van der Waals surface area contributed by atoms with Crippen molar-refractivity contribution >= 4 is 24.2 Å². The lowest BCUT2D eigenvalue weighted by molar-refractivity contribution is -0.145. The maximum absolute atomic E-state index is 11.6. The van der Waals surface area contributed by atoms with Gasteiger partial charge < -0.3 is 9.53 Å². The summed E-state index contributed by atoms with van der Waals surface area (Å²) >= 11 is 0. The number of aliphatic imine (C=N–C) groups is 1. The number of hydrogen-bond donors (Lipinski definition) is 0. The normalized spacial score (nSPS) is 22.2. The van der Waals surface area contributed by atoms with Crippen molar-refractivity contribution in [2.24, 2.45) is 4.99 Å². The molecule has 1 aliphatic heterocycles. The van der Waals surface area contributed by atoms with Crippen LogP contribution in [0, 0.1) is 0 Å². The van der Waals surface area contributed by atoms with Gasteiger partial charge in [0.15, 0.2) is 5.41 Å². The van der Waals surface area contributed by atoms with Crippen LogP contribution < -0.4 is 0 Å². The second-order valence-corrected chi connectivity index (χ2v) is 3.25. The van der Waals surface area contributed by atoms with E-state index in [1.165, 1.54) is 13.3 Å². The van der Waals surface area contributed by atoms with E-state index in [0.29, 0.717) is 17.5 Å². The second-order valence-electron chi connectivity index (χ2n) is 3.25. The molecule has 1 unspecified atom stereocenters. The molecule has 0 saturated carbocycles. The molecule has 2 rings (SSSR count). The maximum atomic E-state index is 11.6. The number of carbonyl (C=O) groups is 2. The first-order valence-corrected chi connectivity index (χ1v) is 4.44. The predicted molar refractivity (Wildman–Crippen MR) is 54.4 cm³/mol. The van der Waals surface area contributed by atoms with Crippen LogP contribution in [0.5, 0.6) is 0 Å². The summed E-state index contributed by atoms with van der Waals surface area (Å²) in [7, 11) is 1.25. The van der Waals surface area contributed by atoms with Gasteiger partial charge in [0.2, 0.25) is 0 Å². The van der Waals surface area contributed by atoms with Gasteiger partial charge in [0, 0.05) is 11.8 Å². The monoisotopic (exact) mass is 203 g/mol. The molecule has 0 N–H and O–H groups in total. The molecule has 15 heavy (non-hydrogen) atoms. The molecule has 76 valence electrons. The number of fused-ring (bicyclic) bond motifs is 1. The fraction of sp³-hybridized carbons (Fsp3) is 0.182. The zero-order chi connectivity index (χ0) is 10.9. The fourth-order valence-electron chi connectivity index (χ4n) is 1.65. The Morgan fingerprint density at radius 2 is 2.20 bits per heavy atom. The molecule has 0 radical (unpaired) electrons. The molecular weight excluding hydrogens is 194 g/mol. The minimum absolute atomic E-state index is 0.564. The van der Waals surface area contributed by atoms with Crippen LogP contribution in [0.3, 0.4) is 0 Å². The second kappa shape index (κ2) is 3.31. The molecule has 0 spiro atoms. The van der Waals surface area contributed by atoms with Crippen LogP contribution in [-0.4, -0.2) is 25.6 Å². The Morgan fingerprint density at radius 1 is 1.47 bits per heavy atom. The number of hydrogen-bond acceptors (Lipinski definition) is 4. The quantitative estimate of drug-likeness (QED) is 0.409. The average Bonchev–Trinajstić information content (AvgIpc) is 2.68. The van der Waals surface area contributed by atoms with E-state index in [4.69, 9.17) is 0 Å². The summed E-state index contributed by atoms with van der Waals surface area (Å²) in [6, 6.07) is 7.01. The lowest BCUT2D eigenvalue weighted by atomic mass is 9.84. The zero-order valence-electron chi connectivity index (χ0n) is 8.14. The van der Waals surface area contributed by atoms with E-state index in [2.05, 4.69) is 9.73 Å². The lowest BCUT2D eigenvalue weighted by Gasteiger charge is -2.17. The van der Waals surface area contributed by atoms with Crippen molar-refractivity contribution in [3.8, 4) is 0 Å². The minimum Gasteiger partial charge on any atom is -0.468 e. The third-order valence-corrected chi connectivity index (χ3v) is 2.47. The zero-order valence-corrected chi connectivity index (χ0v) is 8.14. The van der Waals surface area contributed by atoms with Crippen LogP contribution in [0.2, 0.25) is 0 Å². The number of carbonyl (C=O) groups excluding carboxylic acids is 2. The SMILES string of the molecule is COC(=O)C1(C=O)C=Nc2ccccc21. The molecule has 4 nitrogen and oxygen atoms in total. The van der Waals surface area contributed by atoms with Crippen LogP contribution in [0.25, 0.3) is 0 Å². The smallest absolute Gasteiger partial charge is 0.329 e. The van der Waals surface area contributed by atoms with Gasteiger partial charge in [-0.1, -0.05) is 18.2 Å². The number of esters is 1. The van der Waals surface area contributed by atoms with Crippen LogP contribution >= 0.6 is 0 Å². The number of nitrogens with zero attached hydrogens (tertiary/aromatic N) is 1. The van der Waals surface area contributed by atoms with Crippen LogP contribution in [0.4, 0.5) is 5.69 Å². The summed E-state index contributed by atoms with van der Waals surface area (Å²) in [6.07, 6.45) is 1.89. The number of ether oxygens (including phenoxy) is 1. The molecule has 0 aromatic heterocycles. The van der Waals surface area contributed by atoms with Crippen molar-refractivity contribution in [2.45, 2.75) is 5.41 Å². The van der Waals surface area contributed by atoms with Gasteiger partial charge in [-0.25, -0.2) is 0 Å². The van der Waals surface area contributed by atoms with Crippen molar-refractivity contribution in [1.29, 1.82) is 0 Å². The molecule has 1 aromatic rings. The molecule has 0 saturated heterocycles. The molecule has 1 atom stereocenters. The predicted octanol–water partition coefficient (Wildman–Crippen LogP) is 1.01. The van der Waals surface area contributed by atoms with E-state index in [0.717, 1.165) is 0 Å². The van der Waals surface area contributed by atoms with Crippen molar-refractivity contribution in [3.05, 3.63) is 29.8 Å². The Morgan fingerprint density at radius 3 is 2.87 bits per heavy atom. The number of rotatable bonds is 2. The van der Waals surface area contributed by atoms with E-state index in [9.17, 15) is 9.59 Å². The van der Waals surface area contributed by atoms with E-state index in [1.54, 1.807) is 24.3 Å². The van der Waals surface area contributed by atoms with Gasteiger partial charge in [0.25, 0.3) is 0 Å². The van der Waals surface area contributed by atoms with E-state index in [1.807, 2.05) is 0 Å². The summed E-state index contributed by atoms with van der Waals surface area (Å²) in [5.74, 6) is -0.605. The van der Waals surface area contributed by atoms with Gasteiger partial charge in [0.1, 0.15) is 6.29 Å². The van der Waals surface area contributed by atoms with Crippen molar-refractivity contribution in [1.82, 2.24) is 0 Å². The molecule has 4 heteroatoms. The minimum atomic E-state index is -1.36. The first kappa shape index (κ1) is 9.58. The van der Waals surface area contributed by atoms with E-state index >= 15 is 0 Å². The largest absolute Gasteiger partial charge is 0.468 e. The number of methoxy groups -OCH3 is 1. The molecule has 1 heterocycles. The highest BCUT2D eigenvalue weighted by atomic mass is 16.5. The Balaban J connectivity index is 2.60.